The van der Waals surface area contributed by atoms with Gasteiger partial charge in [-0.3, -0.25) is 0 Å². The first-order valence-corrected chi connectivity index (χ1v) is 6.79. The monoisotopic (exact) mass is 271 g/mol. The predicted octanol–water partition coefficient (Wildman–Crippen LogP) is 3.16. The largest absolute Gasteiger partial charge is 0.472 e. The summed E-state index contributed by atoms with van der Waals surface area (Å²) in [6.07, 6.45) is 0. The first-order valence-electron chi connectivity index (χ1n) is 5.91. The average Bonchev–Trinajstić information content (AvgIpc) is 2.85. The normalized spacial score (nSPS) is 10.8. The quantitative estimate of drug-likeness (QED) is 0.743. The zero-order valence-corrected chi connectivity index (χ0v) is 11.3. The van der Waals surface area contributed by atoms with Crippen LogP contribution in [0.2, 0.25) is 0 Å². The molecule has 0 aliphatic carbocycles. The molecule has 5 heteroatoms. The van der Waals surface area contributed by atoms with E-state index < -0.39 is 0 Å². The van der Waals surface area contributed by atoms with Gasteiger partial charge in [-0.25, -0.2) is 4.98 Å². The van der Waals surface area contributed by atoms with Gasteiger partial charge in [0.1, 0.15) is 17.3 Å². The zero-order chi connectivity index (χ0) is 13.2. The number of fused-ring (bicyclic) bond motifs is 1. The molecule has 0 aliphatic heterocycles. The predicted molar refractivity (Wildman–Crippen MR) is 77.3 cm³/mol. The SMILES string of the molecule is Cc1nc(OCc2ccc(N)cc2)c2ccsc2n1. The molecule has 2 aromatic heterocycles. The minimum Gasteiger partial charge on any atom is -0.472 e. The van der Waals surface area contributed by atoms with Crippen molar-refractivity contribution in [1.82, 2.24) is 9.97 Å². The lowest BCUT2D eigenvalue weighted by atomic mass is 10.2. The van der Waals surface area contributed by atoms with Crippen molar-refractivity contribution in [3.63, 3.8) is 0 Å². The molecule has 3 aromatic rings. The molecule has 0 unspecified atom stereocenters. The summed E-state index contributed by atoms with van der Waals surface area (Å²) in [7, 11) is 0. The van der Waals surface area contributed by atoms with Gasteiger partial charge < -0.3 is 10.5 Å². The Labute approximate surface area is 114 Å². The van der Waals surface area contributed by atoms with Crippen molar-refractivity contribution >= 4 is 27.2 Å². The van der Waals surface area contributed by atoms with E-state index in [0.717, 1.165) is 27.3 Å². The molecule has 96 valence electrons. The summed E-state index contributed by atoms with van der Waals surface area (Å²) in [5.74, 6) is 1.36. The Kier molecular flexibility index (Phi) is 3.05. The van der Waals surface area contributed by atoms with Gasteiger partial charge in [0, 0.05) is 5.69 Å². The highest BCUT2D eigenvalue weighted by atomic mass is 32.1. The molecule has 4 nitrogen and oxygen atoms in total. The topological polar surface area (TPSA) is 61.0 Å². The number of rotatable bonds is 3. The lowest BCUT2D eigenvalue weighted by Gasteiger charge is -2.07. The molecule has 0 radical (unpaired) electrons. The van der Waals surface area contributed by atoms with E-state index in [1.165, 1.54) is 0 Å². The molecule has 2 heterocycles. The van der Waals surface area contributed by atoms with Crippen molar-refractivity contribution in [3.05, 3.63) is 47.1 Å². The number of hydrogen-bond acceptors (Lipinski definition) is 5. The van der Waals surface area contributed by atoms with Crippen LogP contribution in [0.15, 0.2) is 35.7 Å². The number of aryl methyl sites for hydroxylation is 1. The van der Waals surface area contributed by atoms with E-state index in [9.17, 15) is 0 Å². The van der Waals surface area contributed by atoms with E-state index >= 15 is 0 Å². The lowest BCUT2D eigenvalue weighted by Crippen LogP contribution is -2.00. The fourth-order valence-corrected chi connectivity index (χ4v) is 2.61. The van der Waals surface area contributed by atoms with Crippen LogP contribution in [-0.4, -0.2) is 9.97 Å². The highest BCUT2D eigenvalue weighted by Crippen LogP contribution is 2.27. The van der Waals surface area contributed by atoms with E-state index in [1.807, 2.05) is 42.6 Å². The smallest absolute Gasteiger partial charge is 0.225 e. The lowest BCUT2D eigenvalue weighted by molar-refractivity contribution is 0.297. The first-order chi connectivity index (χ1) is 9.22. The summed E-state index contributed by atoms with van der Waals surface area (Å²) in [5, 5.41) is 2.96. The molecule has 0 saturated heterocycles. The van der Waals surface area contributed by atoms with Crippen LogP contribution in [0.25, 0.3) is 10.2 Å². The van der Waals surface area contributed by atoms with Gasteiger partial charge in [0.05, 0.1) is 5.39 Å². The molecular formula is C14H13N3OS. The minimum absolute atomic E-state index is 0.474. The number of hydrogen-bond donors (Lipinski definition) is 1. The standard InChI is InChI=1S/C14H13N3OS/c1-9-16-13(12-6-7-19-14(12)17-9)18-8-10-2-4-11(15)5-3-10/h2-7H,8,15H2,1H3. The maximum atomic E-state index is 5.80. The van der Waals surface area contributed by atoms with E-state index in [4.69, 9.17) is 10.5 Å². The zero-order valence-electron chi connectivity index (χ0n) is 10.5. The van der Waals surface area contributed by atoms with Gasteiger partial charge in [-0.15, -0.1) is 11.3 Å². The molecule has 0 aliphatic rings. The maximum absolute atomic E-state index is 5.80. The number of nitrogens with zero attached hydrogens (tertiary/aromatic N) is 2. The molecule has 2 N–H and O–H groups in total. The molecule has 19 heavy (non-hydrogen) atoms. The second kappa shape index (κ2) is 4.85. The molecule has 0 amide bonds. The second-order valence-corrected chi connectivity index (χ2v) is 5.14. The van der Waals surface area contributed by atoms with Gasteiger partial charge in [0.25, 0.3) is 0 Å². The van der Waals surface area contributed by atoms with Gasteiger partial charge in [0.2, 0.25) is 5.88 Å². The Hall–Kier alpha value is -2.14. The number of thiophene rings is 1. The number of anilines is 1. The fourth-order valence-electron chi connectivity index (χ4n) is 1.81. The van der Waals surface area contributed by atoms with Crippen LogP contribution >= 0.6 is 11.3 Å². The number of benzene rings is 1. The Morgan fingerprint density at radius 1 is 1.16 bits per heavy atom. The molecule has 0 bridgehead atoms. The highest BCUT2D eigenvalue weighted by Gasteiger charge is 2.08. The van der Waals surface area contributed by atoms with Crippen molar-refractivity contribution in [1.29, 1.82) is 0 Å². The van der Waals surface area contributed by atoms with Gasteiger partial charge >= 0.3 is 0 Å². The number of aromatic nitrogens is 2. The third-order valence-corrected chi connectivity index (χ3v) is 3.56. The van der Waals surface area contributed by atoms with E-state index in [0.29, 0.717) is 12.5 Å². The molecule has 3 rings (SSSR count). The summed E-state index contributed by atoms with van der Waals surface area (Å²) in [5.41, 5.74) is 7.47. The summed E-state index contributed by atoms with van der Waals surface area (Å²) in [4.78, 5) is 9.69. The van der Waals surface area contributed by atoms with Crippen molar-refractivity contribution < 1.29 is 4.74 Å². The minimum atomic E-state index is 0.474. The van der Waals surface area contributed by atoms with Crippen molar-refractivity contribution in [3.8, 4) is 5.88 Å². The van der Waals surface area contributed by atoms with Crippen LogP contribution in [0, 0.1) is 6.92 Å². The summed E-state index contributed by atoms with van der Waals surface area (Å²) >= 11 is 1.59. The Morgan fingerprint density at radius 3 is 2.74 bits per heavy atom. The molecule has 0 saturated carbocycles. The van der Waals surface area contributed by atoms with Crippen molar-refractivity contribution in [2.24, 2.45) is 0 Å². The van der Waals surface area contributed by atoms with Crippen LogP contribution < -0.4 is 10.5 Å². The highest BCUT2D eigenvalue weighted by molar-refractivity contribution is 7.16. The van der Waals surface area contributed by atoms with Crippen molar-refractivity contribution in [2.45, 2.75) is 13.5 Å². The number of nitrogen functional groups attached to an aromatic ring is 1. The Morgan fingerprint density at radius 2 is 1.95 bits per heavy atom. The summed E-state index contributed by atoms with van der Waals surface area (Å²) < 4.78 is 5.80. The van der Waals surface area contributed by atoms with Gasteiger partial charge in [-0.1, -0.05) is 12.1 Å². The van der Waals surface area contributed by atoms with E-state index in [-0.39, 0.29) is 0 Å². The number of ether oxygens (including phenoxy) is 1. The Balaban J connectivity index is 1.85. The maximum Gasteiger partial charge on any atom is 0.225 e. The average molecular weight is 271 g/mol. The van der Waals surface area contributed by atoms with Gasteiger partial charge in [-0.2, -0.15) is 4.98 Å². The van der Waals surface area contributed by atoms with Crippen molar-refractivity contribution in [2.75, 3.05) is 5.73 Å². The molecule has 0 fully saturated rings. The van der Waals surface area contributed by atoms with Crippen LogP contribution in [0.1, 0.15) is 11.4 Å². The number of nitrogens with two attached hydrogens (primary N) is 1. The summed E-state index contributed by atoms with van der Waals surface area (Å²) in [6.45, 7) is 2.34. The van der Waals surface area contributed by atoms with Gasteiger partial charge in [-0.05, 0) is 36.1 Å². The van der Waals surface area contributed by atoms with Crippen LogP contribution in [0.4, 0.5) is 5.69 Å². The van der Waals surface area contributed by atoms with Gasteiger partial charge in [0.15, 0.2) is 0 Å². The molecule has 0 spiro atoms. The third kappa shape index (κ3) is 2.51. The second-order valence-electron chi connectivity index (χ2n) is 4.25. The third-order valence-electron chi connectivity index (χ3n) is 2.76. The fraction of sp³-hybridized carbons (Fsp3) is 0.143. The molecule has 0 atom stereocenters. The molecular weight excluding hydrogens is 258 g/mol. The first kappa shape index (κ1) is 11.9. The Bertz CT molecular complexity index is 706. The molecule has 1 aromatic carbocycles. The van der Waals surface area contributed by atoms with Crippen LogP contribution in [0.5, 0.6) is 5.88 Å². The van der Waals surface area contributed by atoms with E-state index in [1.54, 1.807) is 11.3 Å². The van der Waals surface area contributed by atoms with Crippen LogP contribution in [-0.2, 0) is 6.61 Å². The summed E-state index contributed by atoms with van der Waals surface area (Å²) in [6, 6.07) is 9.62. The van der Waals surface area contributed by atoms with Crippen LogP contribution in [0.3, 0.4) is 0 Å². The van der Waals surface area contributed by atoms with E-state index in [2.05, 4.69) is 9.97 Å².